The van der Waals surface area contributed by atoms with E-state index in [4.69, 9.17) is 19.9 Å². The lowest BCUT2D eigenvalue weighted by Crippen LogP contribution is -2.35. The van der Waals surface area contributed by atoms with E-state index in [9.17, 15) is 5.11 Å². The number of aromatic nitrogens is 4. The van der Waals surface area contributed by atoms with Crippen molar-refractivity contribution in [3.8, 4) is 0 Å². The van der Waals surface area contributed by atoms with Crippen LogP contribution in [0.15, 0.2) is 12.7 Å². The van der Waals surface area contributed by atoms with E-state index in [2.05, 4.69) is 15.0 Å². The molecule has 114 valence electrons. The van der Waals surface area contributed by atoms with Gasteiger partial charge in [0.2, 0.25) is 0 Å². The second kappa shape index (κ2) is 5.53. The highest BCUT2D eigenvalue weighted by atomic mass is 16.6. The Hall–Kier alpha value is -1.81. The van der Waals surface area contributed by atoms with Crippen molar-refractivity contribution in [2.75, 3.05) is 26.6 Å². The van der Waals surface area contributed by atoms with E-state index in [1.54, 1.807) is 11.7 Å². The van der Waals surface area contributed by atoms with Crippen LogP contribution in [-0.4, -0.2) is 63.8 Å². The third-order valence-corrected chi connectivity index (χ3v) is 3.57. The van der Waals surface area contributed by atoms with E-state index < -0.39 is 18.4 Å². The number of imidazole rings is 1. The van der Waals surface area contributed by atoms with Crippen LogP contribution in [0.2, 0.25) is 0 Å². The first kappa shape index (κ1) is 14.1. The van der Waals surface area contributed by atoms with Crippen LogP contribution in [-0.2, 0) is 14.2 Å². The summed E-state index contributed by atoms with van der Waals surface area (Å²) in [6.07, 6.45) is 0.449. The zero-order valence-corrected chi connectivity index (χ0v) is 11.7. The molecule has 2 unspecified atom stereocenters. The van der Waals surface area contributed by atoms with Crippen molar-refractivity contribution >= 4 is 17.0 Å². The van der Waals surface area contributed by atoms with E-state index in [1.165, 1.54) is 19.8 Å². The minimum absolute atomic E-state index is 0.281. The monoisotopic (exact) mass is 295 g/mol. The molecule has 0 radical (unpaired) electrons. The van der Waals surface area contributed by atoms with Gasteiger partial charge in [-0.25, -0.2) is 15.0 Å². The summed E-state index contributed by atoms with van der Waals surface area (Å²) < 4.78 is 17.9. The topological polar surface area (TPSA) is 118 Å². The standard InChI is InChI=1S/C12H17N5O4/c1-19-3-6-9(20-2)8(18)12(21-6)17-5-16-7-10(13)14-4-15-11(7)17/h4-6,8-9,12,18H,3H2,1-2H3,(H2,13,14,15)/t6-,8?,9?,12-/m1/s1. The molecule has 1 aliphatic heterocycles. The van der Waals surface area contributed by atoms with Crippen LogP contribution in [0.4, 0.5) is 5.82 Å². The van der Waals surface area contributed by atoms with Gasteiger partial charge in [-0.3, -0.25) is 4.57 Å². The largest absolute Gasteiger partial charge is 0.386 e. The molecule has 0 bridgehead atoms. The minimum atomic E-state index is -0.872. The van der Waals surface area contributed by atoms with Crippen LogP contribution in [0, 0.1) is 0 Å². The van der Waals surface area contributed by atoms with Gasteiger partial charge in [0.25, 0.3) is 0 Å². The Kier molecular flexibility index (Phi) is 3.72. The van der Waals surface area contributed by atoms with Gasteiger partial charge in [-0.1, -0.05) is 0 Å². The van der Waals surface area contributed by atoms with Crippen molar-refractivity contribution in [3.63, 3.8) is 0 Å². The van der Waals surface area contributed by atoms with Crippen LogP contribution >= 0.6 is 0 Å². The molecule has 1 saturated heterocycles. The highest BCUT2D eigenvalue weighted by Crippen LogP contribution is 2.33. The number of anilines is 1. The van der Waals surface area contributed by atoms with Crippen LogP contribution in [0.25, 0.3) is 11.2 Å². The van der Waals surface area contributed by atoms with Gasteiger partial charge in [0.15, 0.2) is 17.7 Å². The number of aliphatic hydroxyl groups is 1. The molecule has 3 rings (SSSR count). The van der Waals surface area contributed by atoms with Gasteiger partial charge in [-0.2, -0.15) is 0 Å². The third kappa shape index (κ3) is 2.23. The number of hydrogen-bond donors (Lipinski definition) is 2. The van der Waals surface area contributed by atoms with Crippen molar-refractivity contribution in [2.45, 2.75) is 24.5 Å². The van der Waals surface area contributed by atoms with Crippen molar-refractivity contribution < 1.29 is 19.3 Å². The molecule has 9 heteroatoms. The van der Waals surface area contributed by atoms with E-state index >= 15 is 0 Å². The average Bonchev–Trinajstić information content (AvgIpc) is 3.02. The van der Waals surface area contributed by atoms with Gasteiger partial charge >= 0.3 is 0 Å². The second-order valence-corrected chi connectivity index (χ2v) is 4.79. The molecule has 0 spiro atoms. The van der Waals surface area contributed by atoms with Gasteiger partial charge in [0, 0.05) is 14.2 Å². The molecule has 1 fully saturated rings. The maximum atomic E-state index is 10.4. The Morgan fingerprint density at radius 1 is 1.38 bits per heavy atom. The number of nitrogens with zero attached hydrogens (tertiary/aromatic N) is 4. The number of nitrogen functional groups attached to an aromatic ring is 1. The average molecular weight is 295 g/mol. The van der Waals surface area contributed by atoms with E-state index in [-0.39, 0.29) is 11.9 Å². The molecule has 1 aliphatic rings. The molecule has 9 nitrogen and oxygen atoms in total. The number of hydrogen-bond acceptors (Lipinski definition) is 8. The summed E-state index contributed by atoms with van der Waals surface area (Å²) in [7, 11) is 3.09. The first-order chi connectivity index (χ1) is 10.2. The molecule has 0 aliphatic carbocycles. The summed E-state index contributed by atoms with van der Waals surface area (Å²) in [6, 6.07) is 0. The fraction of sp³-hybridized carbons (Fsp3) is 0.583. The number of aliphatic hydroxyl groups excluding tert-OH is 1. The summed E-state index contributed by atoms with van der Waals surface area (Å²) in [5.74, 6) is 0.281. The fourth-order valence-corrected chi connectivity index (χ4v) is 2.60. The summed E-state index contributed by atoms with van der Waals surface area (Å²) in [5, 5.41) is 10.4. The Morgan fingerprint density at radius 2 is 2.19 bits per heavy atom. The van der Waals surface area contributed by atoms with Crippen molar-refractivity contribution in [2.24, 2.45) is 0 Å². The van der Waals surface area contributed by atoms with Gasteiger partial charge in [0.1, 0.15) is 30.2 Å². The highest BCUT2D eigenvalue weighted by molar-refractivity contribution is 5.81. The maximum absolute atomic E-state index is 10.4. The lowest BCUT2D eigenvalue weighted by Gasteiger charge is -2.18. The predicted molar refractivity (Wildman–Crippen MR) is 72.3 cm³/mol. The molecular formula is C12H17N5O4. The summed E-state index contributed by atoms with van der Waals surface area (Å²) in [4.78, 5) is 12.2. The lowest BCUT2D eigenvalue weighted by atomic mass is 10.1. The van der Waals surface area contributed by atoms with Crippen LogP contribution in [0.3, 0.4) is 0 Å². The molecule has 4 atom stereocenters. The number of rotatable bonds is 4. The van der Waals surface area contributed by atoms with Crippen molar-refractivity contribution in [1.29, 1.82) is 0 Å². The SMILES string of the molecule is COC[C@H]1O[C@@H](n2cnc3c(N)ncnc32)C(O)C1OC. The van der Waals surface area contributed by atoms with E-state index in [0.717, 1.165) is 0 Å². The number of nitrogens with two attached hydrogens (primary N) is 1. The summed E-state index contributed by atoms with van der Waals surface area (Å²) in [5.41, 5.74) is 6.73. The van der Waals surface area contributed by atoms with Gasteiger partial charge in [0.05, 0.1) is 12.9 Å². The zero-order valence-electron chi connectivity index (χ0n) is 11.7. The summed E-state index contributed by atoms with van der Waals surface area (Å²) >= 11 is 0. The van der Waals surface area contributed by atoms with Crippen LogP contribution in [0.5, 0.6) is 0 Å². The maximum Gasteiger partial charge on any atom is 0.167 e. The van der Waals surface area contributed by atoms with Crippen molar-refractivity contribution in [3.05, 3.63) is 12.7 Å². The Labute approximate surface area is 120 Å². The lowest BCUT2D eigenvalue weighted by molar-refractivity contribution is -0.0612. The second-order valence-electron chi connectivity index (χ2n) is 4.79. The molecule has 0 aromatic carbocycles. The third-order valence-electron chi connectivity index (χ3n) is 3.57. The minimum Gasteiger partial charge on any atom is -0.386 e. The Bertz CT molecular complexity index is 633. The van der Waals surface area contributed by atoms with Crippen LogP contribution in [0.1, 0.15) is 6.23 Å². The number of ether oxygens (including phenoxy) is 3. The van der Waals surface area contributed by atoms with E-state index in [0.29, 0.717) is 17.8 Å². The van der Waals surface area contributed by atoms with Gasteiger partial charge in [-0.15, -0.1) is 0 Å². The number of fused-ring (bicyclic) bond motifs is 1. The molecule has 21 heavy (non-hydrogen) atoms. The normalized spacial score (nSPS) is 29.3. The number of methoxy groups -OCH3 is 2. The van der Waals surface area contributed by atoms with Crippen molar-refractivity contribution in [1.82, 2.24) is 19.5 Å². The fourth-order valence-electron chi connectivity index (χ4n) is 2.60. The van der Waals surface area contributed by atoms with Gasteiger partial charge in [-0.05, 0) is 0 Å². The Morgan fingerprint density at radius 3 is 2.90 bits per heavy atom. The molecule has 2 aromatic rings. The first-order valence-electron chi connectivity index (χ1n) is 6.45. The smallest absolute Gasteiger partial charge is 0.167 e. The summed E-state index contributed by atoms with van der Waals surface area (Å²) in [6.45, 7) is 0.315. The highest BCUT2D eigenvalue weighted by Gasteiger charge is 2.45. The van der Waals surface area contributed by atoms with Crippen LogP contribution < -0.4 is 5.73 Å². The molecule has 0 saturated carbocycles. The molecule has 3 heterocycles. The molecular weight excluding hydrogens is 278 g/mol. The van der Waals surface area contributed by atoms with E-state index in [1.807, 2.05) is 0 Å². The Balaban J connectivity index is 1.97. The molecule has 0 amide bonds. The quantitative estimate of drug-likeness (QED) is 0.762. The predicted octanol–water partition coefficient (Wildman–Crippen LogP) is -0.672. The molecule has 2 aromatic heterocycles. The molecule has 3 N–H and O–H groups in total. The van der Waals surface area contributed by atoms with Gasteiger partial charge < -0.3 is 25.1 Å². The first-order valence-corrected chi connectivity index (χ1v) is 6.45. The zero-order chi connectivity index (χ0) is 15.0.